The van der Waals surface area contributed by atoms with Crippen molar-refractivity contribution >= 4 is 5.84 Å². The highest BCUT2D eigenvalue weighted by Crippen LogP contribution is 2.15. The maximum Gasteiger partial charge on any atom is 0.214 e. The van der Waals surface area contributed by atoms with Gasteiger partial charge in [-0.3, -0.25) is 0 Å². The van der Waals surface area contributed by atoms with E-state index in [4.69, 9.17) is 15.7 Å². The molecule has 0 saturated heterocycles. The third-order valence-electron chi connectivity index (χ3n) is 2.96. The van der Waals surface area contributed by atoms with Gasteiger partial charge in [-0.1, -0.05) is 31.8 Å². The van der Waals surface area contributed by atoms with Crippen LogP contribution >= 0.6 is 0 Å². The average molecular weight is 251 g/mol. The van der Waals surface area contributed by atoms with Gasteiger partial charge in [-0.15, -0.1) is 0 Å². The Kier molecular flexibility index (Phi) is 5.42. The standard InChI is InChI=1S/C13H21N3O2/c1-4-10(5-2)8-18-12-7-11(13(14)16-17)6-9(3)15-12/h6-7,10,17H,4-5,8H2,1-3H3,(H2,14,16). The zero-order valence-corrected chi connectivity index (χ0v) is 11.2. The second-order valence-electron chi connectivity index (χ2n) is 4.31. The van der Waals surface area contributed by atoms with Gasteiger partial charge in [-0.05, 0) is 18.9 Å². The Morgan fingerprint density at radius 2 is 2.11 bits per heavy atom. The Morgan fingerprint density at radius 1 is 1.44 bits per heavy atom. The van der Waals surface area contributed by atoms with E-state index < -0.39 is 0 Å². The summed E-state index contributed by atoms with van der Waals surface area (Å²) in [4.78, 5) is 4.28. The molecule has 5 heteroatoms. The van der Waals surface area contributed by atoms with Crippen LogP contribution in [0.4, 0.5) is 0 Å². The van der Waals surface area contributed by atoms with Crippen molar-refractivity contribution < 1.29 is 9.94 Å². The Bertz CT molecular complexity index is 415. The Hall–Kier alpha value is -1.78. The van der Waals surface area contributed by atoms with E-state index in [2.05, 4.69) is 24.0 Å². The summed E-state index contributed by atoms with van der Waals surface area (Å²) in [6.07, 6.45) is 2.16. The maximum absolute atomic E-state index is 8.67. The van der Waals surface area contributed by atoms with Gasteiger partial charge in [0.25, 0.3) is 0 Å². The Morgan fingerprint density at radius 3 is 2.67 bits per heavy atom. The lowest BCUT2D eigenvalue weighted by Gasteiger charge is -2.14. The molecule has 0 aliphatic heterocycles. The number of ether oxygens (including phenoxy) is 1. The van der Waals surface area contributed by atoms with Gasteiger partial charge in [-0.2, -0.15) is 0 Å². The summed E-state index contributed by atoms with van der Waals surface area (Å²) in [7, 11) is 0. The van der Waals surface area contributed by atoms with Gasteiger partial charge in [0.1, 0.15) is 0 Å². The molecule has 0 aliphatic carbocycles. The van der Waals surface area contributed by atoms with Crippen LogP contribution in [0.5, 0.6) is 5.88 Å². The number of hydrogen-bond acceptors (Lipinski definition) is 4. The lowest BCUT2D eigenvalue weighted by atomic mass is 10.1. The lowest BCUT2D eigenvalue weighted by molar-refractivity contribution is 0.232. The molecule has 0 saturated carbocycles. The molecular weight excluding hydrogens is 230 g/mol. The van der Waals surface area contributed by atoms with E-state index >= 15 is 0 Å². The molecule has 0 amide bonds. The first-order chi connectivity index (χ1) is 8.60. The molecule has 100 valence electrons. The smallest absolute Gasteiger partial charge is 0.214 e. The van der Waals surface area contributed by atoms with Crippen LogP contribution in [-0.4, -0.2) is 22.6 Å². The summed E-state index contributed by atoms with van der Waals surface area (Å²) < 4.78 is 5.66. The zero-order chi connectivity index (χ0) is 13.5. The van der Waals surface area contributed by atoms with Crippen molar-refractivity contribution in [2.45, 2.75) is 33.6 Å². The summed E-state index contributed by atoms with van der Waals surface area (Å²) in [5.41, 5.74) is 6.95. The van der Waals surface area contributed by atoms with Crippen LogP contribution in [0.3, 0.4) is 0 Å². The van der Waals surface area contributed by atoms with Crippen molar-refractivity contribution in [3.05, 3.63) is 23.4 Å². The highest BCUT2D eigenvalue weighted by atomic mass is 16.5. The van der Waals surface area contributed by atoms with Gasteiger partial charge >= 0.3 is 0 Å². The molecule has 0 aromatic carbocycles. The number of nitrogens with zero attached hydrogens (tertiary/aromatic N) is 2. The number of hydrogen-bond donors (Lipinski definition) is 2. The molecule has 1 rings (SSSR count). The van der Waals surface area contributed by atoms with Gasteiger partial charge in [0.05, 0.1) is 6.61 Å². The van der Waals surface area contributed by atoms with E-state index in [1.165, 1.54) is 0 Å². The minimum Gasteiger partial charge on any atom is -0.477 e. The van der Waals surface area contributed by atoms with Gasteiger partial charge in [0.2, 0.25) is 5.88 Å². The summed E-state index contributed by atoms with van der Waals surface area (Å²) in [6, 6.07) is 3.43. The molecule has 5 nitrogen and oxygen atoms in total. The first-order valence-corrected chi connectivity index (χ1v) is 6.20. The fourth-order valence-electron chi connectivity index (χ4n) is 1.65. The number of rotatable bonds is 6. The quantitative estimate of drug-likeness (QED) is 0.352. The van der Waals surface area contributed by atoms with E-state index in [0.717, 1.165) is 18.5 Å². The Balaban J connectivity index is 2.80. The lowest BCUT2D eigenvalue weighted by Crippen LogP contribution is -2.15. The molecule has 18 heavy (non-hydrogen) atoms. The zero-order valence-electron chi connectivity index (χ0n) is 11.2. The van der Waals surface area contributed by atoms with Gasteiger partial charge in [-0.25, -0.2) is 4.98 Å². The molecule has 0 aliphatic rings. The van der Waals surface area contributed by atoms with E-state index in [-0.39, 0.29) is 5.84 Å². The van der Waals surface area contributed by atoms with Gasteiger partial charge in [0.15, 0.2) is 5.84 Å². The minimum absolute atomic E-state index is 0.0629. The van der Waals surface area contributed by atoms with Crippen molar-refractivity contribution in [2.75, 3.05) is 6.61 Å². The van der Waals surface area contributed by atoms with Crippen molar-refractivity contribution in [1.82, 2.24) is 4.98 Å². The molecule has 0 radical (unpaired) electrons. The van der Waals surface area contributed by atoms with Crippen molar-refractivity contribution in [2.24, 2.45) is 16.8 Å². The van der Waals surface area contributed by atoms with Crippen LogP contribution in [0.25, 0.3) is 0 Å². The van der Waals surface area contributed by atoms with Gasteiger partial charge in [0, 0.05) is 17.3 Å². The average Bonchev–Trinajstić information content (AvgIpc) is 2.38. The van der Waals surface area contributed by atoms with Crippen molar-refractivity contribution in [1.29, 1.82) is 0 Å². The van der Waals surface area contributed by atoms with Crippen LogP contribution in [0.1, 0.15) is 37.9 Å². The molecular formula is C13H21N3O2. The van der Waals surface area contributed by atoms with Crippen LogP contribution < -0.4 is 10.5 Å². The molecule has 0 spiro atoms. The first kappa shape index (κ1) is 14.3. The molecule has 0 bridgehead atoms. The number of aryl methyl sites for hydroxylation is 1. The number of nitrogens with two attached hydrogens (primary N) is 1. The molecule has 0 atom stereocenters. The van der Waals surface area contributed by atoms with Crippen LogP contribution in [0.2, 0.25) is 0 Å². The molecule has 3 N–H and O–H groups in total. The molecule has 1 heterocycles. The summed E-state index contributed by atoms with van der Waals surface area (Å²) in [5, 5.41) is 11.6. The molecule has 1 aromatic rings. The highest BCUT2D eigenvalue weighted by Gasteiger charge is 2.08. The van der Waals surface area contributed by atoms with Crippen molar-refractivity contribution in [3.63, 3.8) is 0 Å². The maximum atomic E-state index is 8.67. The predicted molar refractivity (Wildman–Crippen MR) is 71.1 cm³/mol. The normalized spacial score (nSPS) is 11.9. The summed E-state index contributed by atoms with van der Waals surface area (Å²) in [5.74, 6) is 1.11. The van der Waals surface area contributed by atoms with Crippen molar-refractivity contribution in [3.8, 4) is 5.88 Å². The second-order valence-corrected chi connectivity index (χ2v) is 4.31. The Labute approximate surface area is 108 Å². The van der Waals surface area contributed by atoms with Crippen LogP contribution in [0, 0.1) is 12.8 Å². The third-order valence-corrected chi connectivity index (χ3v) is 2.96. The number of pyridine rings is 1. The third kappa shape index (κ3) is 3.91. The summed E-state index contributed by atoms with van der Waals surface area (Å²) in [6.45, 7) is 6.77. The monoisotopic (exact) mass is 251 g/mol. The predicted octanol–water partition coefficient (Wildman–Crippen LogP) is 2.30. The second kappa shape index (κ2) is 6.83. The fourth-order valence-corrected chi connectivity index (χ4v) is 1.65. The van der Waals surface area contributed by atoms with E-state index in [1.54, 1.807) is 12.1 Å². The summed E-state index contributed by atoms with van der Waals surface area (Å²) >= 11 is 0. The first-order valence-electron chi connectivity index (χ1n) is 6.20. The van der Waals surface area contributed by atoms with E-state index in [0.29, 0.717) is 24.0 Å². The largest absolute Gasteiger partial charge is 0.477 e. The van der Waals surface area contributed by atoms with Crippen LogP contribution in [-0.2, 0) is 0 Å². The topological polar surface area (TPSA) is 80.7 Å². The van der Waals surface area contributed by atoms with Gasteiger partial charge < -0.3 is 15.7 Å². The molecule has 0 fully saturated rings. The number of amidine groups is 1. The SMILES string of the molecule is CCC(CC)COc1cc(/C(N)=N/O)cc(C)n1. The highest BCUT2D eigenvalue weighted by molar-refractivity contribution is 5.97. The molecule has 1 aromatic heterocycles. The van der Waals surface area contributed by atoms with E-state index in [9.17, 15) is 0 Å². The molecule has 0 unspecified atom stereocenters. The van der Waals surface area contributed by atoms with Crippen LogP contribution in [0.15, 0.2) is 17.3 Å². The number of aromatic nitrogens is 1. The number of oxime groups is 1. The van der Waals surface area contributed by atoms with E-state index in [1.807, 2.05) is 6.92 Å². The fraction of sp³-hybridized carbons (Fsp3) is 0.538. The minimum atomic E-state index is 0.0629.